The summed E-state index contributed by atoms with van der Waals surface area (Å²) in [7, 11) is 0. The van der Waals surface area contributed by atoms with Gasteiger partial charge >= 0.3 is 5.97 Å². The van der Waals surface area contributed by atoms with Gasteiger partial charge in [0.05, 0.1) is 0 Å². The molecule has 0 radical (unpaired) electrons. The summed E-state index contributed by atoms with van der Waals surface area (Å²) in [4.78, 5) is 10.7. The SMILES string of the molecule is O=C(O)[C@@H](O)c1cccc2ccccc12. The number of rotatable bonds is 2. The number of carbonyl (C=O) groups is 1. The summed E-state index contributed by atoms with van der Waals surface area (Å²) < 4.78 is 0. The summed E-state index contributed by atoms with van der Waals surface area (Å²) in [5.74, 6) is -1.23. The van der Waals surface area contributed by atoms with E-state index in [2.05, 4.69) is 0 Å². The van der Waals surface area contributed by atoms with Gasteiger partial charge in [0.1, 0.15) is 0 Å². The van der Waals surface area contributed by atoms with E-state index in [4.69, 9.17) is 5.11 Å². The van der Waals surface area contributed by atoms with Gasteiger partial charge in [-0.05, 0) is 16.3 Å². The molecule has 2 aromatic carbocycles. The van der Waals surface area contributed by atoms with Gasteiger partial charge in [-0.2, -0.15) is 0 Å². The maximum Gasteiger partial charge on any atom is 0.337 e. The van der Waals surface area contributed by atoms with Crippen LogP contribution in [0.25, 0.3) is 10.8 Å². The Balaban J connectivity index is 2.65. The molecule has 1 atom stereocenters. The quantitative estimate of drug-likeness (QED) is 0.782. The van der Waals surface area contributed by atoms with Crippen molar-refractivity contribution < 1.29 is 15.0 Å². The average Bonchev–Trinajstić information content (AvgIpc) is 2.27. The van der Waals surface area contributed by atoms with E-state index in [0.717, 1.165) is 10.8 Å². The number of fused-ring (bicyclic) bond motifs is 1. The Hall–Kier alpha value is -1.87. The number of carboxylic acid groups (broad SMARTS) is 1. The zero-order valence-corrected chi connectivity index (χ0v) is 7.92. The van der Waals surface area contributed by atoms with Crippen molar-refractivity contribution in [2.75, 3.05) is 0 Å². The molecule has 0 spiro atoms. The summed E-state index contributed by atoms with van der Waals surface area (Å²) in [6.07, 6.45) is -1.46. The van der Waals surface area contributed by atoms with Crippen LogP contribution in [0.15, 0.2) is 42.5 Å². The average molecular weight is 202 g/mol. The summed E-state index contributed by atoms with van der Waals surface area (Å²) in [6.45, 7) is 0. The molecule has 3 nitrogen and oxygen atoms in total. The molecule has 0 bridgehead atoms. The predicted octanol–water partition coefficient (Wildman–Crippen LogP) is 1.96. The lowest BCUT2D eigenvalue weighted by Crippen LogP contribution is -2.10. The second-order valence-corrected chi connectivity index (χ2v) is 3.31. The molecular formula is C12H10O3. The Morgan fingerprint density at radius 1 is 1.07 bits per heavy atom. The molecule has 0 fully saturated rings. The lowest BCUT2D eigenvalue weighted by atomic mass is 10.0. The minimum atomic E-state index is -1.46. The summed E-state index contributed by atoms with van der Waals surface area (Å²) in [6, 6.07) is 12.6. The zero-order chi connectivity index (χ0) is 10.8. The highest BCUT2D eigenvalue weighted by Gasteiger charge is 2.17. The van der Waals surface area contributed by atoms with Crippen LogP contribution in [-0.2, 0) is 4.79 Å². The number of hydrogen-bond acceptors (Lipinski definition) is 2. The molecule has 0 unspecified atom stereocenters. The Bertz CT molecular complexity index is 500. The molecule has 15 heavy (non-hydrogen) atoms. The largest absolute Gasteiger partial charge is 0.479 e. The van der Waals surface area contributed by atoms with E-state index in [0.29, 0.717) is 5.56 Å². The summed E-state index contributed by atoms with van der Waals surface area (Å²) in [5, 5.41) is 19.9. The number of carboxylic acids is 1. The van der Waals surface area contributed by atoms with Gasteiger partial charge in [0.15, 0.2) is 6.10 Å². The molecule has 3 heteroatoms. The van der Waals surface area contributed by atoms with Crippen molar-refractivity contribution in [3.05, 3.63) is 48.0 Å². The standard InChI is InChI=1S/C12H10O3/c13-11(12(14)15)10-7-3-5-8-4-1-2-6-9(8)10/h1-7,11,13H,(H,14,15)/t11-/m0/s1. The van der Waals surface area contributed by atoms with Crippen LogP contribution in [0.2, 0.25) is 0 Å². The highest BCUT2D eigenvalue weighted by atomic mass is 16.4. The number of hydrogen-bond donors (Lipinski definition) is 2. The monoisotopic (exact) mass is 202 g/mol. The number of aliphatic hydroxyl groups excluding tert-OH is 1. The minimum Gasteiger partial charge on any atom is -0.479 e. The maximum atomic E-state index is 10.7. The number of benzene rings is 2. The van der Waals surface area contributed by atoms with Crippen LogP contribution in [0.1, 0.15) is 11.7 Å². The van der Waals surface area contributed by atoms with Crippen molar-refractivity contribution in [2.45, 2.75) is 6.10 Å². The van der Waals surface area contributed by atoms with Gasteiger partial charge in [-0.1, -0.05) is 42.5 Å². The molecule has 2 N–H and O–H groups in total. The molecule has 76 valence electrons. The van der Waals surface area contributed by atoms with Crippen LogP contribution in [-0.4, -0.2) is 16.2 Å². The Kier molecular flexibility index (Phi) is 2.39. The minimum absolute atomic E-state index is 0.431. The van der Waals surface area contributed by atoms with E-state index < -0.39 is 12.1 Å². The van der Waals surface area contributed by atoms with Crippen molar-refractivity contribution in [1.82, 2.24) is 0 Å². The zero-order valence-electron chi connectivity index (χ0n) is 7.92. The van der Waals surface area contributed by atoms with Gasteiger partial charge in [0, 0.05) is 0 Å². The number of aliphatic carboxylic acids is 1. The lowest BCUT2D eigenvalue weighted by molar-refractivity contribution is -0.146. The van der Waals surface area contributed by atoms with E-state index in [9.17, 15) is 9.90 Å². The lowest BCUT2D eigenvalue weighted by Gasteiger charge is -2.09. The molecule has 0 aromatic heterocycles. The fourth-order valence-corrected chi connectivity index (χ4v) is 1.62. The van der Waals surface area contributed by atoms with Crippen LogP contribution in [0.3, 0.4) is 0 Å². The van der Waals surface area contributed by atoms with Crippen molar-refractivity contribution in [1.29, 1.82) is 0 Å². The predicted molar refractivity (Wildman–Crippen MR) is 56.5 cm³/mol. The molecule has 0 aliphatic heterocycles. The van der Waals surface area contributed by atoms with Crippen LogP contribution in [0.5, 0.6) is 0 Å². The smallest absolute Gasteiger partial charge is 0.337 e. The highest BCUT2D eigenvalue weighted by molar-refractivity contribution is 5.89. The molecule has 2 rings (SSSR count). The van der Waals surface area contributed by atoms with Crippen molar-refractivity contribution in [3.63, 3.8) is 0 Å². The second kappa shape index (κ2) is 3.71. The van der Waals surface area contributed by atoms with Gasteiger partial charge in [-0.15, -0.1) is 0 Å². The van der Waals surface area contributed by atoms with Gasteiger partial charge in [-0.25, -0.2) is 4.79 Å². The maximum absolute atomic E-state index is 10.7. The van der Waals surface area contributed by atoms with Crippen molar-refractivity contribution >= 4 is 16.7 Å². The Morgan fingerprint density at radius 2 is 1.73 bits per heavy atom. The molecule has 2 aromatic rings. The fraction of sp³-hybridized carbons (Fsp3) is 0.0833. The molecule has 0 saturated carbocycles. The first-order valence-electron chi connectivity index (χ1n) is 4.58. The third-order valence-electron chi connectivity index (χ3n) is 2.35. The summed E-state index contributed by atoms with van der Waals surface area (Å²) in [5.41, 5.74) is 0.431. The molecule has 0 heterocycles. The first-order valence-corrected chi connectivity index (χ1v) is 4.58. The number of aliphatic hydroxyl groups is 1. The van der Waals surface area contributed by atoms with Crippen LogP contribution >= 0.6 is 0 Å². The van der Waals surface area contributed by atoms with Crippen LogP contribution < -0.4 is 0 Å². The topological polar surface area (TPSA) is 57.5 Å². The van der Waals surface area contributed by atoms with Crippen molar-refractivity contribution in [2.24, 2.45) is 0 Å². The molecule has 0 aliphatic carbocycles. The van der Waals surface area contributed by atoms with E-state index in [1.165, 1.54) is 0 Å². The van der Waals surface area contributed by atoms with E-state index in [-0.39, 0.29) is 0 Å². The third kappa shape index (κ3) is 1.69. The normalized spacial score (nSPS) is 12.6. The molecule has 0 aliphatic rings. The van der Waals surface area contributed by atoms with E-state index >= 15 is 0 Å². The summed E-state index contributed by atoms with van der Waals surface area (Å²) >= 11 is 0. The second-order valence-electron chi connectivity index (χ2n) is 3.31. The third-order valence-corrected chi connectivity index (χ3v) is 2.35. The van der Waals surface area contributed by atoms with E-state index in [1.807, 2.05) is 24.3 Å². The van der Waals surface area contributed by atoms with Crippen molar-refractivity contribution in [3.8, 4) is 0 Å². The Morgan fingerprint density at radius 3 is 2.47 bits per heavy atom. The van der Waals surface area contributed by atoms with Gasteiger partial charge in [-0.3, -0.25) is 0 Å². The first-order chi connectivity index (χ1) is 7.20. The fourth-order valence-electron chi connectivity index (χ4n) is 1.62. The van der Waals surface area contributed by atoms with Gasteiger partial charge in [0.2, 0.25) is 0 Å². The van der Waals surface area contributed by atoms with Crippen LogP contribution in [0.4, 0.5) is 0 Å². The highest BCUT2D eigenvalue weighted by Crippen LogP contribution is 2.24. The van der Waals surface area contributed by atoms with Gasteiger partial charge < -0.3 is 10.2 Å². The first kappa shape index (κ1) is 9.68. The van der Waals surface area contributed by atoms with E-state index in [1.54, 1.807) is 18.2 Å². The molecule has 0 saturated heterocycles. The van der Waals surface area contributed by atoms with Gasteiger partial charge in [0.25, 0.3) is 0 Å². The Labute approximate surface area is 86.6 Å². The van der Waals surface area contributed by atoms with Crippen LogP contribution in [0, 0.1) is 0 Å². The molecule has 0 amide bonds. The molecular weight excluding hydrogens is 192 g/mol.